The number of aliphatic hydroxyl groups excluding tert-OH is 2. The molecule has 2 heteroatoms. The quantitative estimate of drug-likeness (QED) is 0.655. The first-order valence-electron chi connectivity index (χ1n) is 8.72. The molecular formula is C19H28O2. The maximum absolute atomic E-state index is 10.3. The van der Waals surface area contributed by atoms with Gasteiger partial charge in [-0.15, -0.1) is 0 Å². The van der Waals surface area contributed by atoms with E-state index in [1.54, 1.807) is 0 Å². The summed E-state index contributed by atoms with van der Waals surface area (Å²) < 4.78 is 0. The van der Waals surface area contributed by atoms with E-state index in [4.69, 9.17) is 0 Å². The maximum atomic E-state index is 10.3. The van der Waals surface area contributed by atoms with Crippen LogP contribution < -0.4 is 0 Å². The molecule has 0 aliphatic heterocycles. The van der Waals surface area contributed by atoms with Gasteiger partial charge in [0.1, 0.15) is 0 Å². The van der Waals surface area contributed by atoms with Gasteiger partial charge >= 0.3 is 0 Å². The molecule has 0 aromatic rings. The highest BCUT2D eigenvalue weighted by molar-refractivity contribution is 5.22. The second kappa shape index (κ2) is 4.38. The zero-order valence-electron chi connectivity index (χ0n) is 13.3. The second-order valence-electron chi connectivity index (χ2n) is 8.46. The third-order valence-corrected chi connectivity index (χ3v) is 7.71. The van der Waals surface area contributed by atoms with E-state index in [0.717, 1.165) is 31.1 Å². The van der Waals surface area contributed by atoms with Gasteiger partial charge in [-0.2, -0.15) is 0 Å². The highest BCUT2D eigenvalue weighted by Crippen LogP contribution is 2.64. The zero-order chi connectivity index (χ0) is 14.8. The van der Waals surface area contributed by atoms with Crippen molar-refractivity contribution in [1.82, 2.24) is 0 Å². The van der Waals surface area contributed by atoms with Crippen LogP contribution >= 0.6 is 0 Å². The molecule has 0 spiro atoms. The summed E-state index contributed by atoms with van der Waals surface area (Å²) in [6.45, 7) is 4.71. The van der Waals surface area contributed by atoms with Crippen LogP contribution in [0.3, 0.4) is 0 Å². The number of aliphatic hydroxyl groups is 2. The summed E-state index contributed by atoms with van der Waals surface area (Å²) in [5.41, 5.74) is 0.309. The molecule has 0 heterocycles. The van der Waals surface area contributed by atoms with Crippen molar-refractivity contribution in [3.8, 4) is 0 Å². The lowest BCUT2D eigenvalue weighted by molar-refractivity contribution is -0.0778. The van der Waals surface area contributed by atoms with Gasteiger partial charge in [0.05, 0.1) is 11.9 Å². The molecule has 7 atom stereocenters. The number of fused-ring (bicyclic) bond motifs is 5. The molecule has 2 saturated carbocycles. The zero-order valence-corrected chi connectivity index (χ0v) is 13.3. The molecule has 0 amide bonds. The van der Waals surface area contributed by atoms with Gasteiger partial charge < -0.3 is 10.2 Å². The summed E-state index contributed by atoms with van der Waals surface area (Å²) >= 11 is 0. The lowest BCUT2D eigenvalue weighted by Crippen LogP contribution is -2.52. The molecule has 0 bridgehead atoms. The van der Waals surface area contributed by atoms with Crippen LogP contribution in [0.15, 0.2) is 24.0 Å². The molecule has 0 aromatic heterocycles. The normalized spacial score (nSPS) is 55.4. The SMILES string of the molecule is C[C@]12C=C[C@H](O)C[C@H]1CC[C@@H]1[C@@H]2CC[C@]2(C)C(O)=CC[C@@H]12. The smallest absolute Gasteiger partial charge is 0.0944 e. The lowest BCUT2D eigenvalue weighted by Gasteiger charge is -2.58. The molecule has 4 rings (SSSR count). The van der Waals surface area contributed by atoms with Crippen LogP contribution in [0.25, 0.3) is 0 Å². The Balaban J connectivity index is 1.67. The molecule has 0 saturated heterocycles. The van der Waals surface area contributed by atoms with E-state index in [1.807, 2.05) is 6.08 Å². The predicted octanol–water partition coefficient (Wildman–Crippen LogP) is 4.22. The molecular weight excluding hydrogens is 260 g/mol. The summed E-state index contributed by atoms with van der Waals surface area (Å²) in [5.74, 6) is 3.41. The van der Waals surface area contributed by atoms with Gasteiger partial charge in [0.2, 0.25) is 0 Å². The monoisotopic (exact) mass is 288 g/mol. The van der Waals surface area contributed by atoms with Crippen molar-refractivity contribution in [2.24, 2.45) is 34.5 Å². The third-order valence-electron chi connectivity index (χ3n) is 7.71. The van der Waals surface area contributed by atoms with Gasteiger partial charge in [0, 0.05) is 5.41 Å². The maximum Gasteiger partial charge on any atom is 0.0944 e. The van der Waals surface area contributed by atoms with Crippen molar-refractivity contribution in [2.75, 3.05) is 0 Å². The first-order valence-corrected chi connectivity index (χ1v) is 8.72. The van der Waals surface area contributed by atoms with Crippen molar-refractivity contribution in [3.63, 3.8) is 0 Å². The highest BCUT2D eigenvalue weighted by Gasteiger charge is 2.57. The van der Waals surface area contributed by atoms with E-state index < -0.39 is 0 Å². The fourth-order valence-corrected chi connectivity index (χ4v) is 6.33. The Morgan fingerprint density at radius 2 is 1.95 bits per heavy atom. The minimum absolute atomic E-state index is 0.0439. The van der Waals surface area contributed by atoms with Gasteiger partial charge in [-0.1, -0.05) is 26.0 Å². The van der Waals surface area contributed by atoms with Crippen LogP contribution in [-0.2, 0) is 0 Å². The summed E-state index contributed by atoms with van der Waals surface area (Å²) in [7, 11) is 0. The van der Waals surface area contributed by atoms with E-state index in [0.29, 0.717) is 17.6 Å². The first-order chi connectivity index (χ1) is 9.95. The Labute approximate surface area is 127 Å². The fourth-order valence-electron chi connectivity index (χ4n) is 6.33. The molecule has 21 heavy (non-hydrogen) atoms. The van der Waals surface area contributed by atoms with Crippen molar-refractivity contribution in [3.05, 3.63) is 24.0 Å². The van der Waals surface area contributed by atoms with Crippen LogP contribution in [0, 0.1) is 34.5 Å². The molecule has 2 N–H and O–H groups in total. The molecule has 2 nitrogen and oxygen atoms in total. The van der Waals surface area contributed by atoms with E-state index in [1.165, 1.54) is 19.3 Å². The Morgan fingerprint density at radius 3 is 2.76 bits per heavy atom. The Bertz CT molecular complexity index is 508. The van der Waals surface area contributed by atoms with Crippen LogP contribution in [0.2, 0.25) is 0 Å². The van der Waals surface area contributed by atoms with E-state index in [9.17, 15) is 10.2 Å². The standard InChI is InChI=1S/C19H28O2/c1-18-9-7-13(20)11-12(18)3-4-14-15-5-6-17(21)19(15,2)10-8-16(14)18/h6-7,9,12-16,20-21H,3-5,8,10-11H2,1-2H3/t12-,13+,14+,15+,16+,18+,19+/m1/s1. The van der Waals surface area contributed by atoms with Crippen LogP contribution in [0.5, 0.6) is 0 Å². The Morgan fingerprint density at radius 1 is 1.14 bits per heavy atom. The molecule has 4 aliphatic rings. The fraction of sp³-hybridized carbons (Fsp3) is 0.789. The van der Waals surface area contributed by atoms with Crippen LogP contribution in [-0.4, -0.2) is 16.3 Å². The first kappa shape index (κ1) is 13.9. The topological polar surface area (TPSA) is 40.5 Å². The van der Waals surface area contributed by atoms with E-state index in [2.05, 4.69) is 26.0 Å². The number of allylic oxidation sites excluding steroid dienone is 3. The molecule has 0 unspecified atom stereocenters. The van der Waals surface area contributed by atoms with Gasteiger partial charge in [0.15, 0.2) is 0 Å². The van der Waals surface area contributed by atoms with E-state index >= 15 is 0 Å². The lowest BCUT2D eigenvalue weighted by atomic mass is 9.46. The number of hydrogen-bond acceptors (Lipinski definition) is 2. The minimum Gasteiger partial charge on any atom is -0.512 e. The van der Waals surface area contributed by atoms with Crippen LogP contribution in [0.1, 0.15) is 52.4 Å². The Kier molecular flexibility index (Phi) is 2.89. The number of rotatable bonds is 0. The molecule has 0 radical (unpaired) electrons. The largest absolute Gasteiger partial charge is 0.512 e. The van der Waals surface area contributed by atoms with Crippen molar-refractivity contribution < 1.29 is 10.2 Å². The summed E-state index contributed by atoms with van der Waals surface area (Å²) in [5, 5.41) is 20.3. The van der Waals surface area contributed by atoms with Crippen molar-refractivity contribution in [2.45, 2.75) is 58.5 Å². The van der Waals surface area contributed by atoms with Crippen LogP contribution in [0.4, 0.5) is 0 Å². The second-order valence-corrected chi connectivity index (χ2v) is 8.46. The van der Waals surface area contributed by atoms with Gasteiger partial charge in [-0.05, 0) is 73.7 Å². The van der Waals surface area contributed by atoms with Crippen molar-refractivity contribution >= 4 is 0 Å². The van der Waals surface area contributed by atoms with Gasteiger partial charge in [-0.3, -0.25) is 0 Å². The summed E-state index contributed by atoms with van der Waals surface area (Å²) in [6.07, 6.45) is 13.1. The predicted molar refractivity (Wildman–Crippen MR) is 83.7 cm³/mol. The average molecular weight is 288 g/mol. The van der Waals surface area contributed by atoms with E-state index in [-0.39, 0.29) is 16.9 Å². The molecule has 4 aliphatic carbocycles. The average Bonchev–Trinajstić information content (AvgIpc) is 2.76. The van der Waals surface area contributed by atoms with Gasteiger partial charge in [0.25, 0.3) is 0 Å². The van der Waals surface area contributed by atoms with Crippen molar-refractivity contribution in [1.29, 1.82) is 0 Å². The summed E-state index contributed by atoms with van der Waals surface area (Å²) in [4.78, 5) is 0. The molecule has 0 aromatic carbocycles. The number of hydrogen-bond donors (Lipinski definition) is 2. The highest BCUT2D eigenvalue weighted by atomic mass is 16.3. The summed E-state index contributed by atoms with van der Waals surface area (Å²) in [6, 6.07) is 0. The molecule has 116 valence electrons. The Hall–Kier alpha value is -0.760. The minimum atomic E-state index is -0.231. The third kappa shape index (κ3) is 1.75. The van der Waals surface area contributed by atoms with Gasteiger partial charge in [-0.25, -0.2) is 0 Å². The molecule has 2 fully saturated rings.